The van der Waals surface area contributed by atoms with Crippen LogP contribution in [-0.4, -0.2) is 45.1 Å². The minimum Gasteiger partial charge on any atom is -0.365 e. The quantitative estimate of drug-likeness (QED) is 0.370. The van der Waals surface area contributed by atoms with Gasteiger partial charge in [0.05, 0.1) is 18.1 Å². The van der Waals surface area contributed by atoms with Crippen molar-refractivity contribution in [1.82, 2.24) is 20.3 Å². The van der Waals surface area contributed by atoms with E-state index in [2.05, 4.69) is 37.7 Å². The number of piperidine rings is 1. The van der Waals surface area contributed by atoms with E-state index in [0.717, 1.165) is 38.3 Å². The number of hydrogen-bond donors (Lipinski definition) is 3. The Morgan fingerprint density at radius 1 is 1.37 bits per heavy atom. The summed E-state index contributed by atoms with van der Waals surface area (Å²) in [6, 6.07) is 4.62. The summed E-state index contributed by atoms with van der Waals surface area (Å²) in [4.78, 5) is 23.4. The van der Waals surface area contributed by atoms with Gasteiger partial charge >= 0.3 is 0 Å². The summed E-state index contributed by atoms with van der Waals surface area (Å²) in [5.74, 6) is 0.128. The molecule has 0 aliphatic carbocycles. The minimum atomic E-state index is -0.600. The van der Waals surface area contributed by atoms with Crippen LogP contribution in [0.4, 0.5) is 5.82 Å². The van der Waals surface area contributed by atoms with Gasteiger partial charge in [0.25, 0.3) is 5.91 Å². The van der Waals surface area contributed by atoms with Crippen molar-refractivity contribution in [2.75, 3.05) is 18.4 Å². The fourth-order valence-corrected chi connectivity index (χ4v) is 3.59. The first-order chi connectivity index (χ1) is 12.2. The summed E-state index contributed by atoms with van der Waals surface area (Å²) in [5.41, 5.74) is 2.08. The van der Waals surface area contributed by atoms with Crippen LogP contribution < -0.4 is 10.8 Å². The molecule has 1 amide bonds. The molecule has 3 rings (SSSR count). The van der Waals surface area contributed by atoms with Gasteiger partial charge in [-0.15, -0.1) is 36.2 Å². The molecule has 2 aromatic heterocycles. The number of hydroxylamine groups is 1. The number of anilines is 1. The van der Waals surface area contributed by atoms with Gasteiger partial charge in [-0.05, 0) is 36.9 Å². The van der Waals surface area contributed by atoms with Gasteiger partial charge in [0.15, 0.2) is 0 Å². The van der Waals surface area contributed by atoms with Crippen LogP contribution in [0.5, 0.6) is 0 Å². The highest BCUT2D eigenvalue weighted by Gasteiger charge is 2.20. The number of carbonyl (C=O) groups is 1. The zero-order chi connectivity index (χ0) is 17.5. The summed E-state index contributed by atoms with van der Waals surface area (Å²) in [6.07, 6.45) is 8.21. The molecule has 7 nitrogen and oxygen atoms in total. The Balaban J connectivity index is 0.00000182. The highest BCUT2D eigenvalue weighted by molar-refractivity contribution is 7.09. The van der Waals surface area contributed by atoms with Crippen molar-refractivity contribution in [1.29, 1.82) is 0 Å². The second-order valence-corrected chi connectivity index (χ2v) is 6.97. The Morgan fingerprint density at radius 2 is 2.22 bits per heavy atom. The molecule has 0 bridgehead atoms. The van der Waals surface area contributed by atoms with Crippen LogP contribution >= 0.6 is 36.2 Å². The number of halogens is 2. The van der Waals surface area contributed by atoms with Gasteiger partial charge in [-0.2, -0.15) is 0 Å². The fraction of sp³-hybridized carbons (Fsp3) is 0.353. The predicted molar refractivity (Wildman–Crippen MR) is 112 cm³/mol. The number of nitrogens with zero attached hydrogens (tertiary/aromatic N) is 3. The average Bonchev–Trinajstić information content (AvgIpc) is 3.14. The smallest absolute Gasteiger partial charge is 0.267 e. The number of amides is 1. The molecule has 148 valence electrons. The van der Waals surface area contributed by atoms with E-state index in [1.54, 1.807) is 23.7 Å². The molecule has 0 spiro atoms. The van der Waals surface area contributed by atoms with Gasteiger partial charge in [-0.1, -0.05) is 6.07 Å². The maximum absolute atomic E-state index is 10.9. The standard InChI is InChI=1S/C17H21N5O2S.2ClH/c23-17(21-24)6-5-13-9-19-16(10-18-13)20-14-3-1-7-22(11-14)12-15-4-2-8-25-15;;/h2,4-6,8-10,14,24H,1,3,7,11-12H2,(H,19,20)(H,21,23);2*1H/t14-;;/m1../s1. The van der Waals surface area contributed by atoms with Crippen molar-refractivity contribution < 1.29 is 10.0 Å². The van der Waals surface area contributed by atoms with E-state index in [0.29, 0.717) is 11.7 Å². The number of hydrogen-bond acceptors (Lipinski definition) is 7. The lowest BCUT2D eigenvalue weighted by atomic mass is 10.1. The van der Waals surface area contributed by atoms with Gasteiger partial charge in [0, 0.05) is 30.1 Å². The molecular weight excluding hydrogens is 409 g/mol. The SMILES string of the molecule is Cl.Cl.O=C(C=Cc1cnc(N[C@@H]2CCCN(Cc3cccs3)C2)cn1)NO. The fourth-order valence-electron chi connectivity index (χ4n) is 2.85. The zero-order valence-electron chi connectivity index (χ0n) is 14.6. The zero-order valence-corrected chi connectivity index (χ0v) is 17.0. The van der Waals surface area contributed by atoms with E-state index >= 15 is 0 Å². The Hall–Kier alpha value is -1.71. The molecule has 10 heteroatoms. The van der Waals surface area contributed by atoms with Gasteiger partial charge < -0.3 is 5.32 Å². The molecule has 27 heavy (non-hydrogen) atoms. The van der Waals surface area contributed by atoms with Gasteiger partial charge in [0.2, 0.25) is 0 Å². The van der Waals surface area contributed by atoms with Crippen molar-refractivity contribution >= 4 is 54.0 Å². The second kappa shape index (κ2) is 11.9. The first-order valence-electron chi connectivity index (χ1n) is 8.18. The molecule has 1 saturated heterocycles. The highest BCUT2D eigenvalue weighted by atomic mass is 35.5. The molecule has 0 radical (unpaired) electrons. The van der Waals surface area contributed by atoms with Crippen LogP contribution in [0, 0.1) is 0 Å². The van der Waals surface area contributed by atoms with Crippen molar-refractivity contribution in [2.24, 2.45) is 0 Å². The largest absolute Gasteiger partial charge is 0.365 e. The second-order valence-electron chi connectivity index (χ2n) is 5.93. The molecule has 0 saturated carbocycles. The van der Waals surface area contributed by atoms with E-state index < -0.39 is 5.91 Å². The number of nitrogens with one attached hydrogen (secondary N) is 2. The Bertz CT molecular complexity index is 713. The van der Waals surface area contributed by atoms with Crippen LogP contribution in [-0.2, 0) is 11.3 Å². The number of likely N-dealkylation sites (tertiary alicyclic amines) is 1. The van der Waals surface area contributed by atoms with E-state index in [4.69, 9.17) is 5.21 Å². The topological polar surface area (TPSA) is 90.4 Å². The van der Waals surface area contributed by atoms with E-state index in [-0.39, 0.29) is 24.8 Å². The molecular formula is C17H23Cl2N5O2S. The van der Waals surface area contributed by atoms with Crippen LogP contribution in [0.15, 0.2) is 36.0 Å². The van der Waals surface area contributed by atoms with Crippen LogP contribution in [0.2, 0.25) is 0 Å². The normalized spacial score (nSPS) is 17.0. The lowest BCUT2D eigenvalue weighted by molar-refractivity contribution is -0.124. The molecule has 3 N–H and O–H groups in total. The Morgan fingerprint density at radius 3 is 2.89 bits per heavy atom. The molecule has 1 aliphatic rings. The van der Waals surface area contributed by atoms with E-state index in [1.165, 1.54) is 22.5 Å². The minimum absolute atomic E-state index is 0. The van der Waals surface area contributed by atoms with E-state index in [1.807, 2.05) is 0 Å². The summed E-state index contributed by atoms with van der Waals surface area (Å²) >= 11 is 1.80. The first kappa shape index (κ1) is 23.3. The molecule has 1 aliphatic heterocycles. The van der Waals surface area contributed by atoms with Gasteiger partial charge in [-0.3, -0.25) is 19.9 Å². The lowest BCUT2D eigenvalue weighted by Gasteiger charge is -2.33. The summed E-state index contributed by atoms with van der Waals surface area (Å²) < 4.78 is 0. The van der Waals surface area contributed by atoms with Crippen LogP contribution in [0.25, 0.3) is 6.08 Å². The number of thiophene rings is 1. The Labute approximate surface area is 174 Å². The summed E-state index contributed by atoms with van der Waals surface area (Å²) in [5, 5.41) is 14.0. The summed E-state index contributed by atoms with van der Waals surface area (Å²) in [7, 11) is 0. The number of aromatic nitrogens is 2. The van der Waals surface area contributed by atoms with Crippen molar-refractivity contribution in [3.8, 4) is 0 Å². The van der Waals surface area contributed by atoms with Crippen LogP contribution in [0.3, 0.4) is 0 Å². The average molecular weight is 432 g/mol. The monoisotopic (exact) mass is 431 g/mol. The Kier molecular flexibility index (Phi) is 10.3. The van der Waals surface area contributed by atoms with E-state index in [9.17, 15) is 4.79 Å². The molecule has 3 heterocycles. The van der Waals surface area contributed by atoms with Crippen molar-refractivity contribution in [3.63, 3.8) is 0 Å². The lowest BCUT2D eigenvalue weighted by Crippen LogP contribution is -2.41. The van der Waals surface area contributed by atoms with Crippen LogP contribution in [0.1, 0.15) is 23.4 Å². The molecule has 0 aromatic carbocycles. The molecule has 0 unspecified atom stereocenters. The maximum Gasteiger partial charge on any atom is 0.267 e. The molecule has 1 atom stereocenters. The van der Waals surface area contributed by atoms with Gasteiger partial charge in [0.1, 0.15) is 5.82 Å². The first-order valence-corrected chi connectivity index (χ1v) is 9.06. The summed E-state index contributed by atoms with van der Waals surface area (Å²) in [6.45, 7) is 3.11. The third-order valence-electron chi connectivity index (χ3n) is 4.00. The maximum atomic E-state index is 10.9. The molecule has 1 fully saturated rings. The number of rotatable bonds is 6. The third kappa shape index (κ3) is 7.43. The van der Waals surface area contributed by atoms with Crippen molar-refractivity contribution in [2.45, 2.75) is 25.4 Å². The third-order valence-corrected chi connectivity index (χ3v) is 4.87. The predicted octanol–water partition coefficient (Wildman–Crippen LogP) is 2.98. The van der Waals surface area contributed by atoms with Crippen molar-refractivity contribution in [3.05, 3.63) is 46.6 Å². The number of carbonyl (C=O) groups excluding carboxylic acids is 1. The van der Waals surface area contributed by atoms with Gasteiger partial charge in [-0.25, -0.2) is 10.5 Å². The highest BCUT2D eigenvalue weighted by Crippen LogP contribution is 2.18. The molecule has 2 aromatic rings.